The fourth-order valence-electron chi connectivity index (χ4n) is 2.16. The second-order valence-electron chi connectivity index (χ2n) is 4.90. The van der Waals surface area contributed by atoms with Gasteiger partial charge in [-0.2, -0.15) is 39.5 Å². The third-order valence-corrected chi connectivity index (χ3v) is 3.43. The number of benzene rings is 1. The van der Waals surface area contributed by atoms with E-state index in [2.05, 4.69) is 0 Å². The van der Waals surface area contributed by atoms with Gasteiger partial charge >= 0.3 is 23.9 Å². The number of aliphatic hydroxyl groups excluding tert-OH is 1. The van der Waals surface area contributed by atoms with Gasteiger partial charge < -0.3 is 10.1 Å². The number of alkyl halides is 9. The number of halogens is 9. The van der Waals surface area contributed by atoms with Crippen molar-refractivity contribution in [2.45, 2.75) is 30.6 Å². The van der Waals surface area contributed by atoms with Gasteiger partial charge in [0.1, 0.15) is 0 Å². The maximum Gasteiger partial charge on any atom is 0.460 e. The molecule has 0 fully saturated rings. The molecule has 11 heteroatoms. The first-order valence-corrected chi connectivity index (χ1v) is 6.20. The highest BCUT2D eigenvalue weighted by Crippen LogP contribution is 2.57. The van der Waals surface area contributed by atoms with Gasteiger partial charge in [-0.05, 0) is 6.07 Å². The number of H-pyrrole nitrogens is 1. The molecule has 1 aromatic carbocycles. The number of hydrogen-bond acceptors (Lipinski definition) is 1. The smallest absolute Gasteiger partial charge is 0.392 e. The number of para-hydroxylation sites is 1. The van der Waals surface area contributed by atoms with E-state index in [0.717, 1.165) is 12.1 Å². The molecule has 0 amide bonds. The number of aromatic amines is 1. The largest absolute Gasteiger partial charge is 0.460 e. The molecule has 2 N–H and O–H groups in total. The van der Waals surface area contributed by atoms with E-state index >= 15 is 0 Å². The Morgan fingerprint density at radius 3 is 1.88 bits per heavy atom. The molecule has 0 spiro atoms. The number of rotatable bonds is 4. The zero-order valence-corrected chi connectivity index (χ0v) is 11.4. The number of aromatic nitrogens is 1. The molecule has 0 atom stereocenters. The van der Waals surface area contributed by atoms with Crippen LogP contribution in [0.15, 0.2) is 24.3 Å². The molecule has 0 radical (unpaired) electrons. The quantitative estimate of drug-likeness (QED) is 0.765. The SMILES string of the molecule is OCc1c(C(F)(F)C(F)(F)C(F)(F)C(F)(F)F)[nH]c2ccccc12. The van der Waals surface area contributed by atoms with Gasteiger partial charge in [0.2, 0.25) is 0 Å². The molecule has 1 heterocycles. The minimum Gasteiger partial charge on any atom is -0.392 e. The van der Waals surface area contributed by atoms with Crippen LogP contribution in [0.1, 0.15) is 11.3 Å². The minimum atomic E-state index is -6.99. The van der Waals surface area contributed by atoms with Gasteiger partial charge in [0.15, 0.2) is 0 Å². The molecule has 0 aliphatic rings. The summed E-state index contributed by atoms with van der Waals surface area (Å²) in [6, 6.07) is 4.77. The van der Waals surface area contributed by atoms with Crippen molar-refractivity contribution in [2.24, 2.45) is 0 Å². The van der Waals surface area contributed by atoms with Crippen molar-refractivity contribution in [1.29, 1.82) is 0 Å². The molecule has 2 rings (SSSR count). The summed E-state index contributed by atoms with van der Waals surface area (Å²) in [6.45, 7) is -1.28. The van der Waals surface area contributed by atoms with E-state index in [0.29, 0.717) is 0 Å². The Labute approximate surface area is 127 Å². The summed E-state index contributed by atoms with van der Waals surface area (Å²) in [4.78, 5) is 1.69. The average Bonchev–Trinajstić information content (AvgIpc) is 2.84. The Bertz CT molecular complexity index is 747. The predicted octanol–water partition coefficient (Wildman–Crippen LogP) is 4.58. The minimum absolute atomic E-state index is 0.208. The van der Waals surface area contributed by atoms with E-state index < -0.39 is 41.8 Å². The van der Waals surface area contributed by atoms with Gasteiger partial charge in [0, 0.05) is 16.5 Å². The lowest BCUT2D eigenvalue weighted by atomic mass is 9.98. The number of nitrogens with one attached hydrogen (secondary N) is 1. The van der Waals surface area contributed by atoms with Gasteiger partial charge in [0.05, 0.1) is 12.3 Å². The lowest BCUT2D eigenvalue weighted by molar-refractivity contribution is -0.400. The highest BCUT2D eigenvalue weighted by atomic mass is 19.4. The molecule has 134 valence electrons. The van der Waals surface area contributed by atoms with E-state index in [-0.39, 0.29) is 10.9 Å². The van der Waals surface area contributed by atoms with Crippen LogP contribution in [0, 0.1) is 0 Å². The van der Waals surface area contributed by atoms with E-state index in [1.165, 1.54) is 12.1 Å². The van der Waals surface area contributed by atoms with Crippen LogP contribution in [0.25, 0.3) is 10.9 Å². The lowest BCUT2D eigenvalue weighted by Gasteiger charge is -2.33. The Kier molecular flexibility index (Phi) is 4.07. The van der Waals surface area contributed by atoms with Crippen LogP contribution in [0.5, 0.6) is 0 Å². The number of hydrogen-bond donors (Lipinski definition) is 2. The first kappa shape index (κ1) is 18.4. The van der Waals surface area contributed by atoms with Crippen LogP contribution in [0.3, 0.4) is 0 Å². The molecule has 0 bridgehead atoms. The monoisotopic (exact) mass is 365 g/mol. The van der Waals surface area contributed by atoms with E-state index in [9.17, 15) is 39.5 Å². The molecule has 0 aliphatic carbocycles. The summed E-state index contributed by atoms with van der Waals surface area (Å²) in [5.74, 6) is -19.7. The average molecular weight is 365 g/mol. The van der Waals surface area contributed by atoms with Crippen molar-refractivity contribution in [3.8, 4) is 0 Å². The van der Waals surface area contributed by atoms with Crippen molar-refractivity contribution < 1.29 is 44.6 Å². The zero-order valence-electron chi connectivity index (χ0n) is 11.4. The highest BCUT2D eigenvalue weighted by molar-refractivity contribution is 5.84. The molecule has 24 heavy (non-hydrogen) atoms. The zero-order chi connectivity index (χ0) is 18.6. The van der Waals surface area contributed by atoms with Crippen LogP contribution < -0.4 is 0 Å². The van der Waals surface area contributed by atoms with Crippen LogP contribution >= 0.6 is 0 Å². The van der Waals surface area contributed by atoms with Crippen LogP contribution in [0.4, 0.5) is 39.5 Å². The van der Waals surface area contributed by atoms with Gasteiger partial charge in [-0.3, -0.25) is 0 Å². The topological polar surface area (TPSA) is 36.0 Å². The standard InChI is InChI=1S/C13H8F9NO/c14-10(15,11(16,17)12(18,19)13(20,21)22)9-7(5-24)6-3-1-2-4-8(6)23-9/h1-4,23-24H,5H2. The molecule has 2 aromatic rings. The Morgan fingerprint density at radius 1 is 0.833 bits per heavy atom. The molecule has 2 nitrogen and oxygen atoms in total. The molecule has 0 saturated heterocycles. The predicted molar refractivity (Wildman–Crippen MR) is 64.1 cm³/mol. The van der Waals surface area contributed by atoms with Gasteiger partial charge in [-0.1, -0.05) is 18.2 Å². The molecule has 0 unspecified atom stereocenters. The lowest BCUT2D eigenvalue weighted by Crippen LogP contribution is -2.59. The summed E-state index contributed by atoms with van der Waals surface area (Å²) in [6.07, 6.45) is -6.90. The third-order valence-electron chi connectivity index (χ3n) is 3.43. The van der Waals surface area contributed by atoms with Crippen molar-refractivity contribution in [3.05, 3.63) is 35.5 Å². The second-order valence-corrected chi connectivity index (χ2v) is 4.90. The van der Waals surface area contributed by atoms with Gasteiger partial charge in [0.25, 0.3) is 0 Å². The molecule has 0 saturated carbocycles. The van der Waals surface area contributed by atoms with Gasteiger partial charge in [-0.25, -0.2) is 0 Å². The first-order valence-electron chi connectivity index (χ1n) is 6.20. The fourth-order valence-corrected chi connectivity index (χ4v) is 2.16. The number of fused-ring (bicyclic) bond motifs is 1. The Balaban J connectivity index is 2.70. The summed E-state index contributed by atoms with van der Waals surface area (Å²) in [5, 5.41) is 8.88. The molecule has 0 aliphatic heterocycles. The maximum atomic E-state index is 14.0. The van der Waals surface area contributed by atoms with Crippen LogP contribution in [-0.2, 0) is 12.5 Å². The van der Waals surface area contributed by atoms with Crippen molar-refractivity contribution in [3.63, 3.8) is 0 Å². The summed E-state index contributed by atoms with van der Waals surface area (Å²) >= 11 is 0. The van der Waals surface area contributed by atoms with Crippen LogP contribution in [0.2, 0.25) is 0 Å². The first-order chi connectivity index (χ1) is 10.8. The third kappa shape index (κ3) is 2.33. The molecular formula is C13H8F9NO. The number of aliphatic hydroxyl groups is 1. The maximum absolute atomic E-state index is 14.0. The van der Waals surface area contributed by atoms with E-state index in [1.807, 2.05) is 0 Å². The Morgan fingerprint density at radius 2 is 1.38 bits per heavy atom. The van der Waals surface area contributed by atoms with E-state index in [4.69, 9.17) is 5.11 Å². The highest BCUT2D eigenvalue weighted by Gasteiger charge is 2.82. The van der Waals surface area contributed by atoms with Crippen LogP contribution in [-0.4, -0.2) is 28.1 Å². The van der Waals surface area contributed by atoms with Crippen molar-refractivity contribution in [1.82, 2.24) is 4.98 Å². The Hall–Kier alpha value is -1.91. The van der Waals surface area contributed by atoms with Crippen molar-refractivity contribution in [2.75, 3.05) is 0 Å². The molecular weight excluding hydrogens is 357 g/mol. The molecule has 1 aromatic heterocycles. The summed E-state index contributed by atoms with van der Waals surface area (Å²) < 4.78 is 117. The summed E-state index contributed by atoms with van der Waals surface area (Å²) in [5.41, 5.74) is -3.03. The van der Waals surface area contributed by atoms with E-state index in [1.54, 1.807) is 4.98 Å². The normalized spacial score (nSPS) is 14.4. The summed E-state index contributed by atoms with van der Waals surface area (Å²) in [7, 11) is 0. The van der Waals surface area contributed by atoms with Gasteiger partial charge in [-0.15, -0.1) is 0 Å². The fraction of sp³-hybridized carbons (Fsp3) is 0.385. The second kappa shape index (κ2) is 5.30. The van der Waals surface area contributed by atoms with Crippen molar-refractivity contribution >= 4 is 10.9 Å².